The van der Waals surface area contributed by atoms with Gasteiger partial charge in [-0.25, -0.2) is 13.1 Å². The van der Waals surface area contributed by atoms with Crippen molar-refractivity contribution in [3.05, 3.63) is 83.3 Å². The maximum absolute atomic E-state index is 13.3. The van der Waals surface area contributed by atoms with Gasteiger partial charge in [0, 0.05) is 15.7 Å². The zero-order valence-corrected chi connectivity index (χ0v) is 16.9. The topological polar surface area (TPSA) is 90.9 Å². The molecule has 4 rings (SSSR count). The minimum absolute atomic E-state index is 0.103. The van der Waals surface area contributed by atoms with E-state index in [1.165, 1.54) is 10.7 Å². The molecule has 140 valence electrons. The minimum atomic E-state index is -3.88. The molecule has 0 saturated heterocycles. The second-order valence-electron chi connectivity index (χ2n) is 6.07. The molecule has 0 spiro atoms. The summed E-state index contributed by atoms with van der Waals surface area (Å²) in [5, 5.41) is 8.09. The van der Waals surface area contributed by atoms with Gasteiger partial charge in [-0.2, -0.15) is 0 Å². The molecule has 1 heterocycles. The third kappa shape index (κ3) is 3.32. The first kappa shape index (κ1) is 18.4. The highest BCUT2D eigenvalue weighted by Gasteiger charge is 2.29. The fourth-order valence-corrected chi connectivity index (χ4v) is 4.75. The van der Waals surface area contributed by atoms with Gasteiger partial charge in [-0.1, -0.05) is 57.5 Å². The van der Waals surface area contributed by atoms with Crippen LogP contribution in [0.25, 0.3) is 16.9 Å². The number of hydrogen-bond donors (Lipinski definition) is 1. The number of rotatable bonds is 4. The number of halogens is 1. The normalized spacial score (nSPS) is 11.5. The van der Waals surface area contributed by atoms with Crippen LogP contribution in [0.2, 0.25) is 0 Å². The molecule has 8 heteroatoms. The lowest BCUT2D eigenvalue weighted by atomic mass is 10.1. The Morgan fingerprint density at radius 3 is 2.29 bits per heavy atom. The summed E-state index contributed by atoms with van der Waals surface area (Å²) in [6, 6.07) is 22.7. The number of nitrogen functional groups attached to an aromatic ring is 1. The molecular weight excluding hydrogens is 440 g/mol. The van der Waals surface area contributed by atoms with Gasteiger partial charge in [-0.3, -0.25) is 0 Å². The summed E-state index contributed by atoms with van der Waals surface area (Å²) in [6.07, 6.45) is 0. The number of nitrogens with zero attached hydrogens (tertiary/aromatic N) is 3. The quantitative estimate of drug-likeness (QED) is 0.468. The Morgan fingerprint density at radius 1 is 0.893 bits per heavy atom. The maximum atomic E-state index is 13.3. The first-order valence-electron chi connectivity index (χ1n) is 8.34. The maximum Gasteiger partial charge on any atom is 0.228 e. The summed E-state index contributed by atoms with van der Waals surface area (Å²) in [5.41, 5.74) is 8.13. The minimum Gasteiger partial charge on any atom is -0.399 e. The molecule has 0 atom stereocenters. The molecule has 0 aliphatic heterocycles. The summed E-state index contributed by atoms with van der Waals surface area (Å²) in [5.74, 6) is 0. The molecule has 3 aromatic carbocycles. The van der Waals surface area contributed by atoms with Gasteiger partial charge >= 0.3 is 0 Å². The van der Waals surface area contributed by atoms with Crippen LogP contribution >= 0.6 is 15.9 Å². The van der Waals surface area contributed by atoms with Crippen molar-refractivity contribution < 1.29 is 8.42 Å². The van der Waals surface area contributed by atoms with Crippen molar-refractivity contribution >= 4 is 31.5 Å². The van der Waals surface area contributed by atoms with E-state index in [-0.39, 0.29) is 9.92 Å². The van der Waals surface area contributed by atoms with Crippen molar-refractivity contribution in [2.45, 2.75) is 9.92 Å². The van der Waals surface area contributed by atoms with Crippen LogP contribution in [0.3, 0.4) is 0 Å². The Bertz CT molecular complexity index is 1240. The van der Waals surface area contributed by atoms with Crippen LogP contribution in [0.15, 0.2) is 93.3 Å². The van der Waals surface area contributed by atoms with Crippen molar-refractivity contribution in [1.29, 1.82) is 0 Å². The van der Waals surface area contributed by atoms with Gasteiger partial charge in [0.1, 0.15) is 5.69 Å². The fourth-order valence-electron chi connectivity index (χ4n) is 2.83. The molecule has 0 unspecified atom stereocenters. The molecule has 6 nitrogen and oxygen atoms in total. The average molecular weight is 455 g/mol. The molecule has 0 bridgehead atoms. The molecule has 28 heavy (non-hydrogen) atoms. The smallest absolute Gasteiger partial charge is 0.228 e. The summed E-state index contributed by atoms with van der Waals surface area (Å²) >= 11 is 3.32. The van der Waals surface area contributed by atoms with Crippen molar-refractivity contribution in [3.63, 3.8) is 0 Å². The Kier molecular flexibility index (Phi) is 4.74. The van der Waals surface area contributed by atoms with Gasteiger partial charge in [-0.05, 0) is 42.5 Å². The van der Waals surface area contributed by atoms with Crippen LogP contribution in [0.4, 0.5) is 5.69 Å². The Balaban J connectivity index is 1.97. The van der Waals surface area contributed by atoms with E-state index in [2.05, 4.69) is 26.2 Å². The van der Waals surface area contributed by atoms with Crippen LogP contribution in [0.1, 0.15) is 0 Å². The van der Waals surface area contributed by atoms with Crippen molar-refractivity contribution in [2.24, 2.45) is 0 Å². The van der Waals surface area contributed by atoms with Gasteiger partial charge in [0.15, 0.2) is 0 Å². The molecule has 0 aliphatic rings. The van der Waals surface area contributed by atoms with E-state index in [0.29, 0.717) is 27.1 Å². The predicted octanol–water partition coefficient (Wildman–Crippen LogP) is 4.11. The van der Waals surface area contributed by atoms with E-state index in [4.69, 9.17) is 5.73 Å². The van der Waals surface area contributed by atoms with Crippen LogP contribution in [-0.2, 0) is 9.84 Å². The molecule has 4 aromatic rings. The molecule has 0 aliphatic carbocycles. The Labute approximate surface area is 170 Å². The fraction of sp³-hybridized carbons (Fsp3) is 0. The highest BCUT2D eigenvalue weighted by molar-refractivity contribution is 9.10. The third-order valence-electron chi connectivity index (χ3n) is 4.19. The highest BCUT2D eigenvalue weighted by Crippen LogP contribution is 2.32. The zero-order chi connectivity index (χ0) is 19.7. The number of nitrogens with two attached hydrogens (primary N) is 1. The molecular formula is C20H15BrN4O2S. The predicted molar refractivity (Wildman–Crippen MR) is 111 cm³/mol. The Hall–Kier alpha value is -2.97. The molecule has 0 fully saturated rings. The van der Waals surface area contributed by atoms with E-state index in [0.717, 1.165) is 0 Å². The van der Waals surface area contributed by atoms with Crippen molar-refractivity contribution in [2.75, 3.05) is 5.73 Å². The summed E-state index contributed by atoms with van der Waals surface area (Å²) in [4.78, 5) is 0.142. The van der Waals surface area contributed by atoms with Crippen molar-refractivity contribution in [1.82, 2.24) is 15.0 Å². The number of sulfone groups is 1. The van der Waals surface area contributed by atoms with Crippen LogP contribution in [-0.4, -0.2) is 23.4 Å². The van der Waals surface area contributed by atoms with Gasteiger partial charge < -0.3 is 5.73 Å². The van der Waals surface area contributed by atoms with E-state index in [9.17, 15) is 8.42 Å². The highest BCUT2D eigenvalue weighted by atomic mass is 79.9. The average Bonchev–Trinajstić information content (AvgIpc) is 3.15. The number of benzene rings is 3. The van der Waals surface area contributed by atoms with Gasteiger partial charge in [0.25, 0.3) is 0 Å². The first-order chi connectivity index (χ1) is 13.5. The number of aromatic nitrogens is 3. The molecule has 2 N–H and O–H groups in total. The number of hydrogen-bond acceptors (Lipinski definition) is 5. The summed E-state index contributed by atoms with van der Waals surface area (Å²) in [7, 11) is -3.88. The SMILES string of the molecule is Nc1ccc(-n2nnc(S(=O)(=O)c3cccc(Br)c3)c2-c2ccccc2)cc1. The van der Waals surface area contributed by atoms with Crippen LogP contribution < -0.4 is 5.73 Å². The Morgan fingerprint density at radius 2 is 1.61 bits per heavy atom. The lowest BCUT2D eigenvalue weighted by molar-refractivity contribution is 0.592. The second-order valence-corrected chi connectivity index (χ2v) is 8.85. The van der Waals surface area contributed by atoms with E-state index < -0.39 is 9.84 Å². The molecule has 0 saturated carbocycles. The summed E-state index contributed by atoms with van der Waals surface area (Å²) in [6.45, 7) is 0. The van der Waals surface area contributed by atoms with E-state index in [1.54, 1.807) is 42.5 Å². The standard InChI is InChI=1S/C20H15BrN4O2S/c21-15-7-4-8-18(13-15)28(26,27)20-19(14-5-2-1-3-6-14)25(24-23-20)17-11-9-16(22)10-12-17/h1-13H,22H2. The van der Waals surface area contributed by atoms with E-state index >= 15 is 0 Å². The number of anilines is 1. The van der Waals surface area contributed by atoms with Crippen LogP contribution in [0, 0.1) is 0 Å². The molecule has 1 aromatic heterocycles. The third-order valence-corrected chi connectivity index (χ3v) is 6.34. The zero-order valence-electron chi connectivity index (χ0n) is 14.5. The largest absolute Gasteiger partial charge is 0.399 e. The van der Waals surface area contributed by atoms with Gasteiger partial charge in [0.05, 0.1) is 10.6 Å². The van der Waals surface area contributed by atoms with Crippen LogP contribution in [0.5, 0.6) is 0 Å². The second kappa shape index (κ2) is 7.21. The van der Waals surface area contributed by atoms with Gasteiger partial charge in [0.2, 0.25) is 14.9 Å². The molecule has 0 amide bonds. The monoisotopic (exact) mass is 454 g/mol. The lowest BCUT2D eigenvalue weighted by Gasteiger charge is -2.09. The molecule has 0 radical (unpaired) electrons. The first-order valence-corrected chi connectivity index (χ1v) is 10.6. The van der Waals surface area contributed by atoms with Gasteiger partial charge in [-0.15, -0.1) is 5.10 Å². The van der Waals surface area contributed by atoms with E-state index in [1.807, 2.05) is 30.3 Å². The van der Waals surface area contributed by atoms with Crippen molar-refractivity contribution in [3.8, 4) is 16.9 Å². The lowest BCUT2D eigenvalue weighted by Crippen LogP contribution is -2.06. The summed E-state index contributed by atoms with van der Waals surface area (Å²) < 4.78 is 28.8.